The van der Waals surface area contributed by atoms with Crippen molar-refractivity contribution in [3.63, 3.8) is 0 Å². The second kappa shape index (κ2) is 8.03. The van der Waals surface area contributed by atoms with Gasteiger partial charge >= 0.3 is 0 Å². The zero-order valence-corrected chi connectivity index (χ0v) is 16.7. The Morgan fingerprint density at radius 2 is 1.96 bits per heavy atom. The molecule has 0 aliphatic carbocycles. The van der Waals surface area contributed by atoms with Gasteiger partial charge in [0.25, 0.3) is 0 Å². The fourth-order valence-corrected chi connectivity index (χ4v) is 3.91. The van der Waals surface area contributed by atoms with Crippen molar-refractivity contribution < 1.29 is 14.3 Å². The van der Waals surface area contributed by atoms with Crippen LogP contribution in [0.3, 0.4) is 0 Å². The van der Waals surface area contributed by atoms with Crippen LogP contribution in [0.1, 0.15) is 55.8 Å². The number of hydrogen-bond donors (Lipinski definition) is 1. The van der Waals surface area contributed by atoms with Crippen molar-refractivity contribution in [1.82, 2.24) is 5.32 Å². The molecular weight excluding hydrogens is 338 g/mol. The van der Waals surface area contributed by atoms with Crippen molar-refractivity contribution >= 4 is 5.91 Å². The molecule has 1 amide bonds. The molecule has 1 aliphatic rings. The highest BCUT2D eigenvalue weighted by atomic mass is 16.5. The monoisotopic (exact) mass is 367 g/mol. The molecule has 0 saturated carbocycles. The fourth-order valence-electron chi connectivity index (χ4n) is 3.91. The molecule has 27 heavy (non-hydrogen) atoms. The number of nitrogens with one attached hydrogen (secondary N) is 1. The number of amides is 1. The zero-order chi connectivity index (χ0) is 19.4. The van der Waals surface area contributed by atoms with E-state index in [-0.39, 0.29) is 17.6 Å². The number of aryl methyl sites for hydroxylation is 1. The summed E-state index contributed by atoms with van der Waals surface area (Å²) in [5.74, 6) is 1.76. The number of fused-ring (bicyclic) bond motifs is 1. The third-order valence-electron chi connectivity index (χ3n) is 5.64. The minimum absolute atomic E-state index is 0.0262. The summed E-state index contributed by atoms with van der Waals surface area (Å²) in [6, 6.07) is 13.9. The van der Waals surface area contributed by atoms with E-state index in [4.69, 9.17) is 9.47 Å². The lowest BCUT2D eigenvalue weighted by molar-refractivity contribution is -0.121. The first kappa shape index (κ1) is 19.3. The molecule has 1 heterocycles. The van der Waals surface area contributed by atoms with Crippen molar-refractivity contribution in [3.05, 3.63) is 59.2 Å². The molecule has 0 saturated heterocycles. The smallest absolute Gasteiger partial charge is 0.224 e. The van der Waals surface area contributed by atoms with Gasteiger partial charge in [0.2, 0.25) is 5.91 Å². The van der Waals surface area contributed by atoms with Crippen LogP contribution in [0.5, 0.6) is 11.5 Å². The van der Waals surface area contributed by atoms with Crippen LogP contribution in [0.4, 0.5) is 0 Å². The summed E-state index contributed by atoms with van der Waals surface area (Å²) < 4.78 is 11.6. The molecule has 3 rings (SSSR count). The molecule has 0 bridgehead atoms. The average molecular weight is 367 g/mol. The third-order valence-corrected chi connectivity index (χ3v) is 5.64. The predicted octanol–water partition coefficient (Wildman–Crippen LogP) is 4.74. The van der Waals surface area contributed by atoms with Gasteiger partial charge in [0.1, 0.15) is 17.1 Å². The summed E-state index contributed by atoms with van der Waals surface area (Å²) in [6.07, 6.45) is 2.99. The number of hydrogen-bond acceptors (Lipinski definition) is 3. The normalized spacial score (nSPS) is 17.6. The average Bonchev–Trinajstić information content (AvgIpc) is 2.68. The van der Waals surface area contributed by atoms with E-state index in [2.05, 4.69) is 19.2 Å². The van der Waals surface area contributed by atoms with Crippen molar-refractivity contribution in [2.24, 2.45) is 0 Å². The van der Waals surface area contributed by atoms with E-state index < -0.39 is 0 Å². The van der Waals surface area contributed by atoms with Crippen LogP contribution in [0.15, 0.2) is 42.5 Å². The Labute approximate surface area is 161 Å². The SMILES string of the molecule is CCC1(CC)C[C@H](NC(=O)Cc2ccc(OC)c(C)c2)c2ccccc2O1. The van der Waals surface area contributed by atoms with Gasteiger partial charge in [0, 0.05) is 12.0 Å². The Balaban J connectivity index is 1.77. The highest BCUT2D eigenvalue weighted by Gasteiger charge is 2.38. The summed E-state index contributed by atoms with van der Waals surface area (Å²) in [5.41, 5.74) is 2.87. The number of carbonyl (C=O) groups is 1. The van der Waals surface area contributed by atoms with E-state index in [9.17, 15) is 4.79 Å². The Morgan fingerprint density at radius 1 is 1.22 bits per heavy atom. The molecule has 1 atom stereocenters. The Morgan fingerprint density at radius 3 is 2.63 bits per heavy atom. The molecule has 4 nitrogen and oxygen atoms in total. The van der Waals surface area contributed by atoms with E-state index in [1.165, 1.54) is 0 Å². The molecule has 1 N–H and O–H groups in total. The van der Waals surface area contributed by atoms with E-state index in [1.54, 1.807) is 7.11 Å². The van der Waals surface area contributed by atoms with Gasteiger partial charge in [0.15, 0.2) is 0 Å². The van der Waals surface area contributed by atoms with Crippen molar-refractivity contribution in [1.29, 1.82) is 0 Å². The minimum Gasteiger partial charge on any atom is -0.496 e. The first-order valence-electron chi connectivity index (χ1n) is 9.71. The number of benzene rings is 2. The summed E-state index contributed by atoms with van der Waals surface area (Å²) in [7, 11) is 1.66. The molecular formula is C23H29NO3. The number of ether oxygens (including phenoxy) is 2. The van der Waals surface area contributed by atoms with Gasteiger partial charge in [-0.2, -0.15) is 0 Å². The maximum Gasteiger partial charge on any atom is 0.224 e. The summed E-state index contributed by atoms with van der Waals surface area (Å²) in [5, 5.41) is 3.24. The molecule has 144 valence electrons. The lowest BCUT2D eigenvalue weighted by Gasteiger charge is -2.41. The van der Waals surface area contributed by atoms with Crippen LogP contribution in [0, 0.1) is 6.92 Å². The van der Waals surface area contributed by atoms with Gasteiger partial charge in [0.05, 0.1) is 19.6 Å². The van der Waals surface area contributed by atoms with Crippen LogP contribution in [-0.4, -0.2) is 18.6 Å². The van der Waals surface area contributed by atoms with Gasteiger partial charge < -0.3 is 14.8 Å². The van der Waals surface area contributed by atoms with Crippen molar-refractivity contribution in [2.75, 3.05) is 7.11 Å². The second-order valence-corrected chi connectivity index (χ2v) is 7.33. The van der Waals surface area contributed by atoms with Crippen molar-refractivity contribution in [2.45, 2.75) is 58.1 Å². The van der Waals surface area contributed by atoms with Gasteiger partial charge in [-0.05, 0) is 43.0 Å². The number of carbonyl (C=O) groups excluding carboxylic acids is 1. The first-order chi connectivity index (χ1) is 13.0. The van der Waals surface area contributed by atoms with Gasteiger partial charge in [-0.1, -0.05) is 44.2 Å². The maximum atomic E-state index is 12.8. The Bertz CT molecular complexity index is 811. The Kier molecular flexibility index (Phi) is 5.73. The standard InChI is InChI=1S/C23H29NO3/c1-5-23(6-2)15-19(18-9-7-8-10-21(18)27-23)24-22(25)14-17-11-12-20(26-4)16(3)13-17/h7-13,19H,5-6,14-15H2,1-4H3,(H,24,25)/t19-/m0/s1. The lowest BCUT2D eigenvalue weighted by atomic mass is 9.83. The lowest BCUT2D eigenvalue weighted by Crippen LogP contribution is -2.44. The van der Waals surface area contributed by atoms with Crippen LogP contribution in [-0.2, 0) is 11.2 Å². The van der Waals surface area contributed by atoms with E-state index in [0.717, 1.165) is 47.5 Å². The number of methoxy groups -OCH3 is 1. The highest BCUT2D eigenvalue weighted by molar-refractivity contribution is 5.79. The fraction of sp³-hybridized carbons (Fsp3) is 0.435. The quantitative estimate of drug-likeness (QED) is 0.802. The highest BCUT2D eigenvalue weighted by Crippen LogP contribution is 2.42. The minimum atomic E-state index is -0.219. The van der Waals surface area contributed by atoms with E-state index >= 15 is 0 Å². The molecule has 0 spiro atoms. The first-order valence-corrected chi connectivity index (χ1v) is 9.71. The topological polar surface area (TPSA) is 47.6 Å². The van der Waals surface area contributed by atoms with Crippen LogP contribution in [0.2, 0.25) is 0 Å². The molecule has 2 aromatic rings. The molecule has 1 aliphatic heterocycles. The van der Waals surface area contributed by atoms with Gasteiger partial charge in [-0.15, -0.1) is 0 Å². The molecule has 0 fully saturated rings. The van der Waals surface area contributed by atoms with Crippen LogP contribution < -0.4 is 14.8 Å². The van der Waals surface area contributed by atoms with Crippen LogP contribution >= 0.6 is 0 Å². The molecule has 2 aromatic carbocycles. The predicted molar refractivity (Wildman–Crippen MR) is 107 cm³/mol. The second-order valence-electron chi connectivity index (χ2n) is 7.33. The molecule has 0 aromatic heterocycles. The van der Waals surface area contributed by atoms with Gasteiger partial charge in [-0.3, -0.25) is 4.79 Å². The maximum absolute atomic E-state index is 12.8. The molecule has 0 radical (unpaired) electrons. The summed E-state index contributed by atoms with van der Waals surface area (Å²) in [6.45, 7) is 6.29. The summed E-state index contributed by atoms with van der Waals surface area (Å²) >= 11 is 0. The van der Waals surface area contributed by atoms with E-state index in [1.807, 2.05) is 49.4 Å². The third kappa shape index (κ3) is 4.10. The van der Waals surface area contributed by atoms with Gasteiger partial charge in [-0.25, -0.2) is 0 Å². The van der Waals surface area contributed by atoms with Crippen molar-refractivity contribution in [3.8, 4) is 11.5 Å². The molecule has 4 heteroatoms. The number of para-hydroxylation sites is 1. The largest absolute Gasteiger partial charge is 0.496 e. The van der Waals surface area contributed by atoms with E-state index in [0.29, 0.717) is 6.42 Å². The zero-order valence-electron chi connectivity index (χ0n) is 16.7. The van der Waals surface area contributed by atoms with Crippen LogP contribution in [0.25, 0.3) is 0 Å². The Hall–Kier alpha value is -2.49. The molecule has 0 unspecified atom stereocenters. The number of rotatable bonds is 6. The summed E-state index contributed by atoms with van der Waals surface area (Å²) in [4.78, 5) is 12.8.